The van der Waals surface area contributed by atoms with Crippen molar-refractivity contribution in [3.8, 4) is 5.75 Å². The minimum absolute atomic E-state index is 0.0821. The van der Waals surface area contributed by atoms with Gasteiger partial charge in [0, 0.05) is 18.9 Å². The van der Waals surface area contributed by atoms with E-state index in [1.165, 1.54) is 11.3 Å². The van der Waals surface area contributed by atoms with E-state index in [2.05, 4.69) is 5.10 Å². The van der Waals surface area contributed by atoms with Crippen molar-refractivity contribution in [1.29, 1.82) is 0 Å². The van der Waals surface area contributed by atoms with Crippen molar-refractivity contribution in [2.45, 2.75) is 31.8 Å². The summed E-state index contributed by atoms with van der Waals surface area (Å²) in [5, 5.41) is 6.16. The number of hydrogen-bond acceptors (Lipinski definition) is 4. The summed E-state index contributed by atoms with van der Waals surface area (Å²) < 4.78 is 7.19. The van der Waals surface area contributed by atoms with Gasteiger partial charge in [-0.15, -0.1) is 11.3 Å². The van der Waals surface area contributed by atoms with Crippen molar-refractivity contribution < 1.29 is 9.53 Å². The lowest BCUT2D eigenvalue weighted by Crippen LogP contribution is -2.45. The fourth-order valence-electron chi connectivity index (χ4n) is 2.83. The molecule has 0 aliphatic carbocycles. The number of carbonyl (C=O) groups excluding carboxylic acids is 1. The van der Waals surface area contributed by atoms with Crippen molar-refractivity contribution in [2.75, 3.05) is 13.7 Å². The standard InChI is InChI=1S/C15H19N3O2S/c1-20-13-6-10-21-14(13)15(19)18-9-3-2-5-12(18)11-17-8-4-7-16-17/h4,6-8,10,12H,2-3,5,9,11H2,1H3. The highest BCUT2D eigenvalue weighted by Gasteiger charge is 2.30. The number of piperidine rings is 1. The third kappa shape index (κ3) is 2.95. The molecule has 0 bridgehead atoms. The summed E-state index contributed by atoms with van der Waals surface area (Å²) in [6.07, 6.45) is 6.98. The number of thiophene rings is 1. The van der Waals surface area contributed by atoms with E-state index in [-0.39, 0.29) is 11.9 Å². The average Bonchev–Trinajstić information content (AvgIpc) is 3.18. The van der Waals surface area contributed by atoms with Gasteiger partial charge in [-0.25, -0.2) is 0 Å². The SMILES string of the molecule is COc1ccsc1C(=O)N1CCCCC1Cn1cccn1. The summed E-state index contributed by atoms with van der Waals surface area (Å²) in [7, 11) is 1.61. The predicted molar refractivity (Wildman–Crippen MR) is 81.8 cm³/mol. The van der Waals surface area contributed by atoms with Crippen molar-refractivity contribution in [1.82, 2.24) is 14.7 Å². The lowest BCUT2D eigenvalue weighted by Gasteiger charge is -2.35. The highest BCUT2D eigenvalue weighted by molar-refractivity contribution is 7.12. The van der Waals surface area contributed by atoms with E-state index < -0.39 is 0 Å². The molecule has 1 amide bonds. The second-order valence-corrected chi connectivity index (χ2v) is 6.11. The number of aromatic nitrogens is 2. The van der Waals surface area contributed by atoms with Crippen LogP contribution in [0.2, 0.25) is 0 Å². The monoisotopic (exact) mass is 305 g/mol. The molecule has 1 unspecified atom stereocenters. The summed E-state index contributed by atoms with van der Waals surface area (Å²) in [4.78, 5) is 15.5. The number of likely N-dealkylation sites (tertiary alicyclic amines) is 1. The number of nitrogens with zero attached hydrogens (tertiary/aromatic N) is 3. The summed E-state index contributed by atoms with van der Waals surface area (Å²) in [6.45, 7) is 1.57. The molecule has 1 aliphatic heterocycles. The summed E-state index contributed by atoms with van der Waals surface area (Å²) in [5.41, 5.74) is 0. The molecule has 6 heteroatoms. The molecule has 1 aliphatic rings. The molecule has 0 radical (unpaired) electrons. The normalized spacial score (nSPS) is 18.7. The van der Waals surface area contributed by atoms with Gasteiger partial charge < -0.3 is 9.64 Å². The number of rotatable bonds is 4. The van der Waals surface area contributed by atoms with Crippen LogP contribution in [-0.2, 0) is 6.54 Å². The van der Waals surface area contributed by atoms with E-state index in [9.17, 15) is 4.79 Å². The first-order valence-electron chi connectivity index (χ1n) is 7.19. The number of amides is 1. The molecule has 2 aromatic heterocycles. The Morgan fingerprint density at radius 1 is 1.52 bits per heavy atom. The van der Waals surface area contributed by atoms with Gasteiger partial charge in [0.1, 0.15) is 10.6 Å². The lowest BCUT2D eigenvalue weighted by molar-refractivity contribution is 0.0586. The van der Waals surface area contributed by atoms with Crippen LogP contribution in [0, 0.1) is 0 Å². The molecular weight excluding hydrogens is 286 g/mol. The van der Waals surface area contributed by atoms with Gasteiger partial charge in [0.15, 0.2) is 0 Å². The zero-order valence-corrected chi connectivity index (χ0v) is 12.9. The van der Waals surface area contributed by atoms with Gasteiger partial charge in [-0.05, 0) is 36.8 Å². The van der Waals surface area contributed by atoms with Crippen LogP contribution in [0.25, 0.3) is 0 Å². The van der Waals surface area contributed by atoms with E-state index in [4.69, 9.17) is 4.74 Å². The van der Waals surface area contributed by atoms with E-state index >= 15 is 0 Å². The molecule has 0 spiro atoms. The number of hydrogen-bond donors (Lipinski definition) is 0. The van der Waals surface area contributed by atoms with E-state index in [1.807, 2.05) is 33.3 Å². The molecule has 0 N–H and O–H groups in total. The Bertz CT molecular complexity index is 594. The van der Waals surface area contributed by atoms with Crippen molar-refractivity contribution in [3.05, 3.63) is 34.8 Å². The van der Waals surface area contributed by atoms with Crippen LogP contribution in [0.3, 0.4) is 0 Å². The van der Waals surface area contributed by atoms with Gasteiger partial charge in [-0.2, -0.15) is 5.10 Å². The summed E-state index contributed by atoms with van der Waals surface area (Å²) >= 11 is 1.45. The van der Waals surface area contributed by atoms with Gasteiger partial charge in [-0.3, -0.25) is 9.48 Å². The van der Waals surface area contributed by atoms with Crippen LogP contribution in [0.5, 0.6) is 5.75 Å². The maximum atomic E-state index is 12.8. The molecule has 21 heavy (non-hydrogen) atoms. The van der Waals surface area contributed by atoms with Crippen LogP contribution >= 0.6 is 11.3 Å². The number of ether oxygens (including phenoxy) is 1. The molecule has 0 aromatic carbocycles. The van der Waals surface area contributed by atoms with Crippen LogP contribution in [0.15, 0.2) is 29.9 Å². The molecule has 3 rings (SSSR count). The minimum atomic E-state index is 0.0821. The third-order valence-electron chi connectivity index (χ3n) is 3.89. The smallest absolute Gasteiger partial charge is 0.268 e. The first-order valence-corrected chi connectivity index (χ1v) is 8.07. The molecule has 5 nitrogen and oxygen atoms in total. The summed E-state index contributed by atoms with van der Waals surface area (Å²) in [5.74, 6) is 0.757. The van der Waals surface area contributed by atoms with Gasteiger partial charge in [0.25, 0.3) is 5.91 Å². The first kappa shape index (κ1) is 14.1. The third-order valence-corrected chi connectivity index (χ3v) is 4.77. The summed E-state index contributed by atoms with van der Waals surface area (Å²) in [6, 6.07) is 3.97. The van der Waals surface area contributed by atoms with Crippen molar-refractivity contribution in [3.63, 3.8) is 0 Å². The fourth-order valence-corrected chi connectivity index (χ4v) is 3.64. The van der Waals surface area contributed by atoms with Gasteiger partial charge in [0.2, 0.25) is 0 Å². The van der Waals surface area contributed by atoms with Crippen LogP contribution < -0.4 is 4.74 Å². The molecule has 1 fully saturated rings. The molecule has 2 aromatic rings. The van der Waals surface area contributed by atoms with Gasteiger partial charge in [0.05, 0.1) is 19.7 Å². The Morgan fingerprint density at radius 2 is 2.43 bits per heavy atom. The molecule has 112 valence electrons. The molecular formula is C15H19N3O2S. The maximum absolute atomic E-state index is 12.8. The van der Waals surface area contributed by atoms with E-state index in [0.717, 1.165) is 32.4 Å². The highest BCUT2D eigenvalue weighted by Crippen LogP contribution is 2.29. The van der Waals surface area contributed by atoms with Crippen LogP contribution in [0.1, 0.15) is 28.9 Å². The van der Waals surface area contributed by atoms with Crippen LogP contribution in [-0.4, -0.2) is 40.3 Å². The Labute approximate surface area is 128 Å². The van der Waals surface area contributed by atoms with E-state index in [1.54, 1.807) is 13.3 Å². The second kappa shape index (κ2) is 6.30. The minimum Gasteiger partial charge on any atom is -0.495 e. The fraction of sp³-hybridized carbons (Fsp3) is 0.467. The first-order chi connectivity index (χ1) is 10.3. The Balaban J connectivity index is 1.79. The van der Waals surface area contributed by atoms with Gasteiger partial charge in [-0.1, -0.05) is 0 Å². The quantitative estimate of drug-likeness (QED) is 0.872. The van der Waals surface area contributed by atoms with E-state index in [0.29, 0.717) is 10.6 Å². The Hall–Kier alpha value is -1.82. The van der Waals surface area contributed by atoms with Crippen molar-refractivity contribution >= 4 is 17.2 Å². The highest BCUT2D eigenvalue weighted by atomic mass is 32.1. The Morgan fingerprint density at radius 3 is 3.19 bits per heavy atom. The molecule has 0 saturated carbocycles. The zero-order valence-electron chi connectivity index (χ0n) is 12.1. The zero-order chi connectivity index (χ0) is 14.7. The van der Waals surface area contributed by atoms with Crippen molar-refractivity contribution in [2.24, 2.45) is 0 Å². The molecule has 1 atom stereocenters. The molecule has 1 saturated heterocycles. The topological polar surface area (TPSA) is 47.4 Å². The molecule has 3 heterocycles. The second-order valence-electron chi connectivity index (χ2n) is 5.19. The number of methoxy groups -OCH3 is 1. The van der Waals surface area contributed by atoms with Gasteiger partial charge >= 0.3 is 0 Å². The number of carbonyl (C=O) groups is 1. The lowest BCUT2D eigenvalue weighted by atomic mass is 10.0. The average molecular weight is 305 g/mol. The Kier molecular flexibility index (Phi) is 4.24. The predicted octanol–water partition coefficient (Wildman–Crippen LogP) is 2.65. The maximum Gasteiger partial charge on any atom is 0.268 e. The largest absolute Gasteiger partial charge is 0.495 e. The van der Waals surface area contributed by atoms with Crippen LogP contribution in [0.4, 0.5) is 0 Å².